The number of nitrogens with one attached hydrogen (secondary N) is 2. The van der Waals surface area contributed by atoms with E-state index < -0.39 is 28.1 Å². The molecule has 0 fully saturated rings. The van der Waals surface area contributed by atoms with Crippen molar-refractivity contribution in [3.8, 4) is 0 Å². The van der Waals surface area contributed by atoms with Gasteiger partial charge < -0.3 is 10.4 Å². The van der Waals surface area contributed by atoms with Crippen molar-refractivity contribution < 1.29 is 23.1 Å². The average Bonchev–Trinajstić information content (AvgIpc) is 2.13. The molecule has 0 aliphatic rings. The number of pyridine rings is 1. The van der Waals surface area contributed by atoms with Gasteiger partial charge in [0.25, 0.3) is 0 Å². The highest BCUT2D eigenvalue weighted by molar-refractivity contribution is 7.80. The van der Waals surface area contributed by atoms with E-state index in [1.54, 1.807) is 5.32 Å². The quantitative estimate of drug-likeness (QED) is 0.549. The van der Waals surface area contributed by atoms with Crippen LogP contribution in [0.4, 0.5) is 23.8 Å². The van der Waals surface area contributed by atoms with Crippen LogP contribution in [0.1, 0.15) is 5.56 Å². The third-order valence-corrected chi connectivity index (χ3v) is 1.98. The molecule has 1 amide bonds. The molecule has 0 radical (unpaired) electrons. The van der Waals surface area contributed by atoms with Gasteiger partial charge >= 0.3 is 12.3 Å². The maximum absolute atomic E-state index is 12.4. The summed E-state index contributed by atoms with van der Waals surface area (Å²) in [5, 5.41) is 11.4. The number of hydrogen-bond donors (Lipinski definition) is 3. The van der Waals surface area contributed by atoms with E-state index in [1.165, 1.54) is 0 Å². The van der Waals surface area contributed by atoms with Gasteiger partial charge in [-0.2, -0.15) is 13.2 Å². The molecule has 0 aliphatic heterocycles. The Morgan fingerprint density at radius 2 is 2.06 bits per heavy atom. The normalized spacial score (nSPS) is 10.9. The third kappa shape index (κ3) is 4.34. The minimum Gasteiger partial charge on any atom is -0.465 e. The van der Waals surface area contributed by atoms with Gasteiger partial charge in [0, 0.05) is 0 Å². The number of nitrogens with zero attached hydrogens (tertiary/aromatic N) is 1. The fraction of sp³-hybridized carbons (Fsp3) is 0.125. The molecule has 10 heteroatoms. The van der Waals surface area contributed by atoms with Crippen LogP contribution >= 0.6 is 23.8 Å². The van der Waals surface area contributed by atoms with Gasteiger partial charge in [0.1, 0.15) is 11.0 Å². The molecule has 5 nitrogen and oxygen atoms in total. The lowest BCUT2D eigenvalue weighted by molar-refractivity contribution is -0.137. The minimum absolute atomic E-state index is 0.312. The van der Waals surface area contributed by atoms with Crippen molar-refractivity contribution in [2.45, 2.75) is 6.18 Å². The average molecular weight is 300 g/mol. The SMILES string of the molecule is O=C(O)NC(=S)Nc1cc(C(F)(F)F)cc(Cl)n1. The number of carboxylic acid groups (broad SMARTS) is 1. The summed E-state index contributed by atoms with van der Waals surface area (Å²) in [5.74, 6) is -0.312. The van der Waals surface area contributed by atoms with Gasteiger partial charge in [0.15, 0.2) is 5.11 Å². The zero-order chi connectivity index (χ0) is 13.9. The lowest BCUT2D eigenvalue weighted by Gasteiger charge is -2.10. The van der Waals surface area contributed by atoms with E-state index in [9.17, 15) is 18.0 Å². The lowest BCUT2D eigenvalue weighted by Crippen LogP contribution is -2.33. The Kier molecular flexibility index (Phi) is 4.30. The Bertz CT molecular complexity index is 495. The molecule has 18 heavy (non-hydrogen) atoms. The Hall–Kier alpha value is -1.61. The van der Waals surface area contributed by atoms with Crippen molar-refractivity contribution in [1.82, 2.24) is 10.3 Å². The topological polar surface area (TPSA) is 74.2 Å². The number of aromatic nitrogens is 1. The molecule has 98 valence electrons. The van der Waals surface area contributed by atoms with Crippen LogP contribution in [-0.2, 0) is 6.18 Å². The van der Waals surface area contributed by atoms with Crippen molar-refractivity contribution in [2.75, 3.05) is 5.32 Å². The van der Waals surface area contributed by atoms with Crippen molar-refractivity contribution in [3.05, 3.63) is 22.8 Å². The monoisotopic (exact) mass is 299 g/mol. The Morgan fingerprint density at radius 3 is 2.56 bits per heavy atom. The molecule has 0 atom stereocenters. The van der Waals surface area contributed by atoms with Crippen LogP contribution in [-0.4, -0.2) is 21.3 Å². The largest absolute Gasteiger partial charge is 0.465 e. The van der Waals surface area contributed by atoms with Gasteiger partial charge in [0.05, 0.1) is 5.56 Å². The van der Waals surface area contributed by atoms with E-state index in [1.807, 2.05) is 0 Å². The highest BCUT2D eigenvalue weighted by Crippen LogP contribution is 2.31. The number of halogens is 4. The zero-order valence-electron chi connectivity index (χ0n) is 8.38. The number of thiocarbonyl (C=S) groups is 1. The molecule has 1 aromatic heterocycles. The van der Waals surface area contributed by atoms with Gasteiger partial charge in [-0.15, -0.1) is 0 Å². The summed E-state index contributed by atoms with van der Waals surface area (Å²) in [7, 11) is 0. The second-order valence-corrected chi connectivity index (χ2v) is 3.74. The van der Waals surface area contributed by atoms with Crippen LogP contribution < -0.4 is 10.6 Å². The van der Waals surface area contributed by atoms with Crippen LogP contribution in [0.3, 0.4) is 0 Å². The number of alkyl halides is 3. The number of hydrogen-bond acceptors (Lipinski definition) is 3. The lowest BCUT2D eigenvalue weighted by atomic mass is 10.2. The first kappa shape index (κ1) is 14.5. The van der Waals surface area contributed by atoms with Crippen molar-refractivity contribution in [3.63, 3.8) is 0 Å². The molecule has 1 aromatic rings. The molecular weight excluding hydrogens is 295 g/mol. The predicted molar refractivity (Wildman–Crippen MR) is 61.6 cm³/mol. The fourth-order valence-electron chi connectivity index (χ4n) is 0.969. The van der Waals surface area contributed by atoms with Crippen LogP contribution in [0.5, 0.6) is 0 Å². The first-order valence-corrected chi connectivity index (χ1v) is 5.03. The number of anilines is 1. The van der Waals surface area contributed by atoms with Gasteiger partial charge in [0.2, 0.25) is 0 Å². The van der Waals surface area contributed by atoms with Gasteiger partial charge in [-0.1, -0.05) is 11.6 Å². The molecule has 0 spiro atoms. The Balaban J connectivity index is 2.94. The van der Waals surface area contributed by atoms with Crippen molar-refractivity contribution >= 4 is 40.8 Å². The molecule has 0 aliphatic carbocycles. The molecule has 0 bridgehead atoms. The maximum atomic E-state index is 12.4. The van der Waals surface area contributed by atoms with Crippen LogP contribution in [0, 0.1) is 0 Å². The molecule has 1 heterocycles. The first-order chi connectivity index (χ1) is 8.18. The second kappa shape index (κ2) is 5.36. The minimum atomic E-state index is -4.59. The predicted octanol–water partition coefficient (Wildman–Crippen LogP) is 2.72. The van der Waals surface area contributed by atoms with Crippen LogP contribution in [0.2, 0.25) is 5.15 Å². The van der Waals surface area contributed by atoms with Gasteiger partial charge in [-0.25, -0.2) is 9.78 Å². The summed E-state index contributed by atoms with van der Waals surface area (Å²) < 4.78 is 37.3. The smallest absolute Gasteiger partial charge is 0.416 e. The molecular formula is C8H5ClF3N3O2S. The molecule has 0 saturated heterocycles. The van der Waals surface area contributed by atoms with Crippen molar-refractivity contribution in [2.24, 2.45) is 0 Å². The van der Waals surface area contributed by atoms with Crippen LogP contribution in [0.25, 0.3) is 0 Å². The van der Waals surface area contributed by atoms with Gasteiger partial charge in [-0.3, -0.25) is 5.32 Å². The van der Waals surface area contributed by atoms with Crippen LogP contribution in [0.15, 0.2) is 12.1 Å². The summed E-state index contributed by atoms with van der Waals surface area (Å²) in [6.45, 7) is 0. The maximum Gasteiger partial charge on any atom is 0.416 e. The highest BCUT2D eigenvalue weighted by Gasteiger charge is 2.31. The molecule has 0 saturated carbocycles. The molecule has 0 unspecified atom stereocenters. The Labute approximate surface area is 109 Å². The summed E-state index contributed by atoms with van der Waals surface area (Å²) in [6.07, 6.45) is -6.05. The van der Waals surface area contributed by atoms with E-state index in [-0.39, 0.29) is 5.82 Å². The first-order valence-electron chi connectivity index (χ1n) is 4.24. The van der Waals surface area contributed by atoms with Gasteiger partial charge in [-0.05, 0) is 24.4 Å². The summed E-state index contributed by atoms with van der Waals surface area (Å²) in [5.41, 5.74) is -1.02. The molecule has 3 N–H and O–H groups in total. The summed E-state index contributed by atoms with van der Waals surface area (Å²) >= 11 is 9.94. The number of carbonyl (C=O) groups is 1. The highest BCUT2D eigenvalue weighted by atomic mass is 35.5. The van der Waals surface area contributed by atoms with Crippen molar-refractivity contribution in [1.29, 1.82) is 0 Å². The fourth-order valence-corrected chi connectivity index (χ4v) is 1.37. The summed E-state index contributed by atoms with van der Waals surface area (Å²) in [4.78, 5) is 13.8. The third-order valence-electron chi connectivity index (χ3n) is 1.58. The zero-order valence-corrected chi connectivity index (χ0v) is 9.95. The van der Waals surface area contributed by atoms with E-state index in [0.717, 1.165) is 0 Å². The molecule has 0 aromatic carbocycles. The second-order valence-electron chi connectivity index (χ2n) is 2.95. The number of rotatable bonds is 1. The van der Waals surface area contributed by atoms with E-state index >= 15 is 0 Å². The van der Waals surface area contributed by atoms with E-state index in [2.05, 4.69) is 22.5 Å². The standard InChI is InChI=1S/C8H5ClF3N3O2S/c9-4-1-3(8(10,11)12)2-5(13-4)14-6(18)15-7(16)17/h1-2H,(H,16,17)(H2,13,14,15,18). The number of amides is 1. The molecule has 1 rings (SSSR count). The summed E-state index contributed by atoms with van der Waals surface area (Å²) in [6, 6.07) is 1.29. The van der Waals surface area contributed by atoms with E-state index in [0.29, 0.717) is 12.1 Å². The van der Waals surface area contributed by atoms with E-state index in [4.69, 9.17) is 16.7 Å². The Morgan fingerprint density at radius 1 is 1.44 bits per heavy atom.